The molecule has 0 aliphatic carbocycles. The van der Waals surface area contributed by atoms with Crippen LogP contribution >= 0.6 is 15.9 Å². The van der Waals surface area contributed by atoms with Crippen molar-refractivity contribution in [2.75, 3.05) is 27.1 Å². The number of amides is 2. The molecule has 3 rings (SSSR count). The van der Waals surface area contributed by atoms with Crippen molar-refractivity contribution in [2.45, 2.75) is 10.9 Å². The molecule has 0 spiro atoms. The van der Waals surface area contributed by atoms with Crippen molar-refractivity contribution in [3.63, 3.8) is 0 Å². The van der Waals surface area contributed by atoms with Gasteiger partial charge in [0.05, 0.1) is 43.6 Å². The fourth-order valence-electron chi connectivity index (χ4n) is 3.28. The number of sulfone groups is 1. The van der Waals surface area contributed by atoms with E-state index in [2.05, 4.69) is 26.6 Å². The van der Waals surface area contributed by atoms with Gasteiger partial charge in [-0.3, -0.25) is 0 Å². The van der Waals surface area contributed by atoms with Gasteiger partial charge in [-0.25, -0.2) is 18.0 Å². The first-order valence-electron chi connectivity index (χ1n) is 9.29. The summed E-state index contributed by atoms with van der Waals surface area (Å²) in [4.78, 5) is 25.1. The Kier molecular flexibility index (Phi) is 7.09. The van der Waals surface area contributed by atoms with Gasteiger partial charge in [-0.1, -0.05) is 22.0 Å². The Balaban J connectivity index is 2.11. The number of urea groups is 1. The second kappa shape index (κ2) is 9.61. The Morgan fingerprint density at radius 1 is 1.03 bits per heavy atom. The number of nitrogens with one attached hydrogen (secondary N) is 2. The van der Waals surface area contributed by atoms with Gasteiger partial charge in [0.1, 0.15) is 0 Å². The standard InChI is InChI=1S/C21H21BrN2O7S/c1-29-16-9-4-12(10-17(16)30-2)19-18(20(25)31-3)15(23-21(26)24-19)11-32(27,28)14-7-5-13(22)6-8-14/h4-10,19H,11H2,1-3H3,(H2,23,24,26)/t19-/m1/s1. The fraction of sp³-hybridized carbons (Fsp3) is 0.238. The summed E-state index contributed by atoms with van der Waals surface area (Å²) in [6, 6.07) is 9.30. The minimum atomic E-state index is -3.88. The van der Waals surface area contributed by atoms with Crippen molar-refractivity contribution in [1.29, 1.82) is 0 Å². The molecule has 2 aromatic carbocycles. The molecule has 0 saturated heterocycles. The lowest BCUT2D eigenvalue weighted by atomic mass is 9.95. The summed E-state index contributed by atoms with van der Waals surface area (Å²) in [6.45, 7) is 0. The van der Waals surface area contributed by atoms with Gasteiger partial charge in [0.25, 0.3) is 0 Å². The van der Waals surface area contributed by atoms with Crippen molar-refractivity contribution < 1.29 is 32.2 Å². The summed E-state index contributed by atoms with van der Waals surface area (Å²) >= 11 is 3.26. The summed E-state index contributed by atoms with van der Waals surface area (Å²) in [7, 11) is 0.236. The summed E-state index contributed by atoms with van der Waals surface area (Å²) < 4.78 is 42.1. The van der Waals surface area contributed by atoms with E-state index in [0.717, 1.165) is 4.47 Å². The van der Waals surface area contributed by atoms with Crippen molar-refractivity contribution in [3.8, 4) is 11.5 Å². The molecule has 170 valence electrons. The maximum Gasteiger partial charge on any atom is 0.338 e. The predicted octanol–water partition coefficient (Wildman–Crippen LogP) is 2.72. The van der Waals surface area contributed by atoms with Crippen molar-refractivity contribution >= 4 is 37.8 Å². The number of ether oxygens (including phenoxy) is 3. The Morgan fingerprint density at radius 3 is 2.28 bits per heavy atom. The molecule has 0 saturated carbocycles. The van der Waals surface area contributed by atoms with E-state index in [1.54, 1.807) is 30.3 Å². The van der Waals surface area contributed by atoms with E-state index in [4.69, 9.17) is 14.2 Å². The van der Waals surface area contributed by atoms with Crippen LogP contribution in [0.1, 0.15) is 11.6 Å². The van der Waals surface area contributed by atoms with Gasteiger partial charge >= 0.3 is 12.0 Å². The van der Waals surface area contributed by atoms with Crippen LogP contribution in [-0.4, -0.2) is 47.5 Å². The Bertz CT molecular complexity index is 1180. The predicted molar refractivity (Wildman–Crippen MR) is 119 cm³/mol. The molecule has 1 heterocycles. The summed E-state index contributed by atoms with van der Waals surface area (Å²) in [5.41, 5.74) is 0.389. The minimum absolute atomic E-state index is 0.0278. The van der Waals surface area contributed by atoms with Gasteiger partial charge in [0.2, 0.25) is 0 Å². The van der Waals surface area contributed by atoms with Crippen LogP contribution in [0.3, 0.4) is 0 Å². The number of halogens is 1. The molecule has 2 amide bonds. The number of carbonyl (C=O) groups is 2. The zero-order valence-electron chi connectivity index (χ0n) is 17.5. The zero-order chi connectivity index (χ0) is 23.5. The van der Waals surface area contributed by atoms with Crippen LogP contribution < -0.4 is 20.1 Å². The molecule has 11 heteroatoms. The van der Waals surface area contributed by atoms with Gasteiger partial charge in [0.15, 0.2) is 21.3 Å². The van der Waals surface area contributed by atoms with E-state index in [0.29, 0.717) is 17.1 Å². The van der Waals surface area contributed by atoms with E-state index < -0.39 is 33.6 Å². The highest BCUT2D eigenvalue weighted by Gasteiger charge is 2.36. The second-order valence-electron chi connectivity index (χ2n) is 6.74. The number of benzene rings is 2. The third-order valence-corrected chi connectivity index (χ3v) is 6.99. The maximum atomic E-state index is 13.0. The van der Waals surface area contributed by atoms with E-state index >= 15 is 0 Å². The van der Waals surface area contributed by atoms with Crippen LogP contribution in [0.2, 0.25) is 0 Å². The fourth-order valence-corrected chi connectivity index (χ4v) is 4.87. The lowest BCUT2D eigenvalue weighted by molar-refractivity contribution is -0.136. The van der Waals surface area contributed by atoms with Crippen LogP contribution in [0.15, 0.2) is 63.1 Å². The van der Waals surface area contributed by atoms with E-state index in [1.165, 1.54) is 33.5 Å². The number of esters is 1. The van der Waals surface area contributed by atoms with Crippen molar-refractivity contribution in [3.05, 3.63) is 63.8 Å². The lowest BCUT2D eigenvalue weighted by Crippen LogP contribution is -2.47. The molecule has 2 aromatic rings. The van der Waals surface area contributed by atoms with Gasteiger partial charge in [-0.05, 0) is 42.0 Å². The molecule has 0 radical (unpaired) electrons. The molecule has 1 aliphatic heterocycles. The van der Waals surface area contributed by atoms with E-state index in [1.807, 2.05) is 0 Å². The smallest absolute Gasteiger partial charge is 0.338 e. The van der Waals surface area contributed by atoms with Crippen LogP contribution in [0.5, 0.6) is 11.5 Å². The molecule has 32 heavy (non-hydrogen) atoms. The highest BCUT2D eigenvalue weighted by Crippen LogP contribution is 2.35. The first-order valence-corrected chi connectivity index (χ1v) is 11.7. The number of hydrogen-bond acceptors (Lipinski definition) is 7. The maximum absolute atomic E-state index is 13.0. The molecular formula is C21H21BrN2O7S. The molecular weight excluding hydrogens is 504 g/mol. The Morgan fingerprint density at radius 2 is 1.69 bits per heavy atom. The number of carbonyl (C=O) groups excluding carboxylic acids is 2. The quantitative estimate of drug-likeness (QED) is 0.534. The third kappa shape index (κ3) is 4.89. The van der Waals surface area contributed by atoms with Gasteiger partial charge in [0, 0.05) is 10.2 Å². The van der Waals surface area contributed by atoms with Crippen LogP contribution in [0, 0.1) is 0 Å². The highest BCUT2D eigenvalue weighted by atomic mass is 79.9. The first kappa shape index (κ1) is 23.6. The molecule has 0 fully saturated rings. The SMILES string of the molecule is COC(=O)C1=C(CS(=O)(=O)c2ccc(Br)cc2)NC(=O)N[C@@H]1c1ccc(OC)c(OC)c1. The molecule has 2 N–H and O–H groups in total. The monoisotopic (exact) mass is 524 g/mol. The summed E-state index contributed by atoms with van der Waals surface area (Å²) in [5, 5.41) is 5.10. The second-order valence-corrected chi connectivity index (χ2v) is 9.65. The summed E-state index contributed by atoms with van der Waals surface area (Å²) in [5.74, 6) is -0.543. The average molecular weight is 525 g/mol. The average Bonchev–Trinajstić information content (AvgIpc) is 2.77. The normalized spacial score (nSPS) is 16.1. The van der Waals surface area contributed by atoms with Crippen LogP contribution in [-0.2, 0) is 19.4 Å². The molecule has 0 bridgehead atoms. The Labute approximate surface area is 193 Å². The van der Waals surface area contributed by atoms with Crippen molar-refractivity contribution in [1.82, 2.24) is 10.6 Å². The van der Waals surface area contributed by atoms with E-state index in [-0.39, 0.29) is 16.2 Å². The topological polar surface area (TPSA) is 120 Å². The van der Waals surface area contributed by atoms with Gasteiger partial charge < -0.3 is 24.8 Å². The lowest BCUT2D eigenvalue weighted by Gasteiger charge is -2.29. The zero-order valence-corrected chi connectivity index (χ0v) is 19.9. The summed E-state index contributed by atoms with van der Waals surface area (Å²) in [6.07, 6.45) is 0. The number of hydrogen-bond donors (Lipinski definition) is 2. The molecule has 1 atom stereocenters. The Hall–Kier alpha value is -3.05. The van der Waals surface area contributed by atoms with Crippen LogP contribution in [0.25, 0.3) is 0 Å². The first-order chi connectivity index (χ1) is 15.2. The molecule has 0 unspecified atom stereocenters. The molecule has 9 nitrogen and oxygen atoms in total. The largest absolute Gasteiger partial charge is 0.493 e. The number of methoxy groups -OCH3 is 3. The van der Waals surface area contributed by atoms with Gasteiger partial charge in [-0.2, -0.15) is 0 Å². The molecule has 0 aromatic heterocycles. The van der Waals surface area contributed by atoms with Crippen LogP contribution in [0.4, 0.5) is 4.79 Å². The van der Waals surface area contributed by atoms with Crippen molar-refractivity contribution in [2.24, 2.45) is 0 Å². The minimum Gasteiger partial charge on any atom is -0.493 e. The highest BCUT2D eigenvalue weighted by molar-refractivity contribution is 9.10. The third-order valence-electron chi connectivity index (χ3n) is 4.81. The number of rotatable bonds is 7. The molecule has 1 aliphatic rings. The van der Waals surface area contributed by atoms with E-state index in [9.17, 15) is 18.0 Å². The van der Waals surface area contributed by atoms with Gasteiger partial charge in [-0.15, -0.1) is 0 Å².